The lowest BCUT2D eigenvalue weighted by Gasteiger charge is -2.10. The Bertz CT molecular complexity index is 302. The highest BCUT2D eigenvalue weighted by molar-refractivity contribution is 7.07. The molecule has 1 fully saturated rings. The zero-order valence-electron chi connectivity index (χ0n) is 8.64. The summed E-state index contributed by atoms with van der Waals surface area (Å²) < 4.78 is 0. The lowest BCUT2D eigenvalue weighted by molar-refractivity contribution is 0.0946. The number of amides is 1. The number of nitrogens with one attached hydrogen (secondary N) is 2. The Balaban J connectivity index is 0.00000112. The molecule has 0 spiro atoms. The molecular weight excluding hydrogens is 269 g/mol. The van der Waals surface area contributed by atoms with Crippen LogP contribution in [0.1, 0.15) is 23.3 Å². The first kappa shape index (κ1) is 15.6. The molecule has 0 saturated carbocycles. The number of rotatable bonds is 3. The van der Waals surface area contributed by atoms with Crippen LogP contribution < -0.4 is 10.6 Å². The quantitative estimate of drug-likeness (QED) is 0.883. The van der Waals surface area contributed by atoms with Gasteiger partial charge in [-0.15, -0.1) is 36.2 Å². The van der Waals surface area contributed by atoms with E-state index in [1.165, 1.54) is 17.8 Å². The third kappa shape index (κ3) is 4.25. The summed E-state index contributed by atoms with van der Waals surface area (Å²) in [6.45, 7) is 1.77. The average molecular weight is 284 g/mol. The van der Waals surface area contributed by atoms with E-state index < -0.39 is 0 Å². The van der Waals surface area contributed by atoms with Crippen molar-refractivity contribution in [3.8, 4) is 0 Å². The van der Waals surface area contributed by atoms with E-state index >= 15 is 0 Å². The first-order chi connectivity index (χ1) is 6.86. The van der Waals surface area contributed by atoms with Gasteiger partial charge in [0.1, 0.15) is 5.69 Å². The predicted octanol–water partition coefficient (Wildman–Crippen LogP) is 1.47. The molecule has 2 heterocycles. The normalized spacial score (nSPS) is 18.4. The number of thiazole rings is 1. The van der Waals surface area contributed by atoms with Gasteiger partial charge in [0.2, 0.25) is 0 Å². The Kier molecular flexibility index (Phi) is 7.66. The van der Waals surface area contributed by atoms with Crippen LogP contribution >= 0.6 is 36.2 Å². The lowest BCUT2D eigenvalue weighted by Crippen LogP contribution is -2.37. The maximum absolute atomic E-state index is 11.5. The van der Waals surface area contributed by atoms with Gasteiger partial charge < -0.3 is 10.6 Å². The number of halogens is 2. The Labute approximate surface area is 111 Å². The zero-order chi connectivity index (χ0) is 9.80. The summed E-state index contributed by atoms with van der Waals surface area (Å²) in [6, 6.07) is 0.442. The van der Waals surface area contributed by atoms with E-state index in [2.05, 4.69) is 15.6 Å². The van der Waals surface area contributed by atoms with Gasteiger partial charge in [0.15, 0.2) is 0 Å². The molecule has 1 saturated heterocycles. The Morgan fingerprint density at radius 2 is 2.44 bits per heavy atom. The highest BCUT2D eigenvalue weighted by Gasteiger charge is 2.15. The molecule has 0 aliphatic carbocycles. The summed E-state index contributed by atoms with van der Waals surface area (Å²) in [4.78, 5) is 15.4. The number of aromatic nitrogens is 1. The first-order valence-corrected chi connectivity index (χ1v) is 5.70. The van der Waals surface area contributed by atoms with Gasteiger partial charge >= 0.3 is 0 Å². The molecule has 0 radical (unpaired) electrons. The first-order valence-electron chi connectivity index (χ1n) is 4.76. The van der Waals surface area contributed by atoms with E-state index in [1.54, 1.807) is 10.9 Å². The highest BCUT2D eigenvalue weighted by atomic mass is 35.5. The van der Waals surface area contributed by atoms with Crippen LogP contribution in [0.5, 0.6) is 0 Å². The van der Waals surface area contributed by atoms with Gasteiger partial charge in [-0.25, -0.2) is 4.98 Å². The van der Waals surface area contributed by atoms with Crippen molar-refractivity contribution in [2.45, 2.75) is 18.9 Å². The van der Waals surface area contributed by atoms with Crippen LogP contribution in [-0.2, 0) is 0 Å². The second-order valence-corrected chi connectivity index (χ2v) is 4.10. The van der Waals surface area contributed by atoms with Crippen molar-refractivity contribution < 1.29 is 4.79 Å². The molecule has 4 nitrogen and oxygen atoms in total. The Hall–Kier alpha value is -0.360. The van der Waals surface area contributed by atoms with Crippen LogP contribution in [-0.4, -0.2) is 30.0 Å². The second kappa shape index (κ2) is 7.84. The maximum atomic E-state index is 11.5. The van der Waals surface area contributed by atoms with E-state index in [-0.39, 0.29) is 30.7 Å². The SMILES string of the molecule is Cl.Cl.O=C(NCC1CCCN1)c1cscn1. The largest absolute Gasteiger partial charge is 0.349 e. The minimum atomic E-state index is -0.0695. The van der Waals surface area contributed by atoms with Gasteiger partial charge in [0.05, 0.1) is 5.51 Å². The smallest absolute Gasteiger partial charge is 0.270 e. The summed E-state index contributed by atoms with van der Waals surface area (Å²) in [5.74, 6) is -0.0695. The fourth-order valence-electron chi connectivity index (χ4n) is 1.56. The van der Waals surface area contributed by atoms with Crippen LogP contribution in [0, 0.1) is 0 Å². The molecular formula is C9H15Cl2N3OS. The number of nitrogens with zero attached hydrogens (tertiary/aromatic N) is 1. The molecule has 0 aromatic carbocycles. The summed E-state index contributed by atoms with van der Waals surface area (Å²) >= 11 is 1.44. The number of carbonyl (C=O) groups is 1. The minimum absolute atomic E-state index is 0. The Morgan fingerprint density at radius 1 is 1.62 bits per heavy atom. The van der Waals surface area contributed by atoms with E-state index in [0.717, 1.165) is 13.0 Å². The van der Waals surface area contributed by atoms with Crippen molar-refractivity contribution in [3.63, 3.8) is 0 Å². The monoisotopic (exact) mass is 283 g/mol. The topological polar surface area (TPSA) is 54.0 Å². The fourth-order valence-corrected chi connectivity index (χ4v) is 2.09. The zero-order valence-corrected chi connectivity index (χ0v) is 11.1. The summed E-state index contributed by atoms with van der Waals surface area (Å²) in [5.41, 5.74) is 2.19. The molecule has 16 heavy (non-hydrogen) atoms. The van der Waals surface area contributed by atoms with Crippen LogP contribution in [0.15, 0.2) is 10.9 Å². The molecule has 1 unspecified atom stereocenters. The molecule has 7 heteroatoms. The molecule has 2 rings (SSSR count). The van der Waals surface area contributed by atoms with Gasteiger partial charge in [0.25, 0.3) is 5.91 Å². The van der Waals surface area contributed by atoms with Crippen LogP contribution in [0.25, 0.3) is 0 Å². The molecule has 1 aliphatic heterocycles. The van der Waals surface area contributed by atoms with Crippen molar-refractivity contribution in [2.24, 2.45) is 0 Å². The van der Waals surface area contributed by atoms with E-state index in [9.17, 15) is 4.79 Å². The molecule has 2 N–H and O–H groups in total. The molecule has 1 amide bonds. The molecule has 1 atom stereocenters. The molecule has 92 valence electrons. The number of hydrogen-bond acceptors (Lipinski definition) is 4. The molecule has 1 aromatic rings. The standard InChI is InChI=1S/C9H13N3OS.2ClH/c13-9(8-5-14-6-12-8)11-4-7-2-1-3-10-7;;/h5-7,10H,1-4H2,(H,11,13);2*1H. The van der Waals surface area contributed by atoms with Gasteiger partial charge in [-0.3, -0.25) is 4.79 Å². The van der Waals surface area contributed by atoms with Gasteiger partial charge in [-0.2, -0.15) is 0 Å². The molecule has 1 aliphatic rings. The number of hydrogen-bond donors (Lipinski definition) is 2. The lowest BCUT2D eigenvalue weighted by atomic mass is 10.2. The second-order valence-electron chi connectivity index (χ2n) is 3.38. The number of carbonyl (C=O) groups excluding carboxylic acids is 1. The van der Waals surface area contributed by atoms with Crippen molar-refractivity contribution in [1.29, 1.82) is 0 Å². The predicted molar refractivity (Wildman–Crippen MR) is 70.0 cm³/mol. The van der Waals surface area contributed by atoms with E-state index in [1.807, 2.05) is 0 Å². The Morgan fingerprint density at radius 3 is 3.00 bits per heavy atom. The molecule has 0 bridgehead atoms. The highest BCUT2D eigenvalue weighted by Crippen LogP contribution is 2.04. The van der Waals surface area contributed by atoms with Crippen molar-refractivity contribution in [1.82, 2.24) is 15.6 Å². The van der Waals surface area contributed by atoms with Crippen molar-refractivity contribution in [3.05, 3.63) is 16.6 Å². The fraction of sp³-hybridized carbons (Fsp3) is 0.556. The average Bonchev–Trinajstić information content (AvgIpc) is 2.87. The summed E-state index contributed by atoms with van der Waals surface area (Å²) in [5, 5.41) is 7.96. The van der Waals surface area contributed by atoms with E-state index in [4.69, 9.17) is 0 Å². The van der Waals surface area contributed by atoms with Crippen LogP contribution in [0.4, 0.5) is 0 Å². The van der Waals surface area contributed by atoms with Crippen molar-refractivity contribution >= 4 is 42.1 Å². The minimum Gasteiger partial charge on any atom is -0.349 e. The summed E-state index contributed by atoms with van der Waals surface area (Å²) in [6.07, 6.45) is 2.36. The van der Waals surface area contributed by atoms with Crippen LogP contribution in [0.3, 0.4) is 0 Å². The van der Waals surface area contributed by atoms with Gasteiger partial charge in [-0.05, 0) is 19.4 Å². The maximum Gasteiger partial charge on any atom is 0.270 e. The third-order valence-electron chi connectivity index (χ3n) is 2.34. The summed E-state index contributed by atoms with van der Waals surface area (Å²) in [7, 11) is 0. The van der Waals surface area contributed by atoms with Crippen LogP contribution in [0.2, 0.25) is 0 Å². The third-order valence-corrected chi connectivity index (χ3v) is 2.92. The van der Waals surface area contributed by atoms with Crippen molar-refractivity contribution in [2.75, 3.05) is 13.1 Å². The van der Waals surface area contributed by atoms with Gasteiger partial charge in [0, 0.05) is 18.0 Å². The molecule has 1 aromatic heterocycles. The van der Waals surface area contributed by atoms with Gasteiger partial charge in [-0.1, -0.05) is 0 Å². The van der Waals surface area contributed by atoms with E-state index in [0.29, 0.717) is 18.3 Å².